The summed E-state index contributed by atoms with van der Waals surface area (Å²) in [7, 11) is -4.34. The number of para-hydroxylation sites is 1. The smallest absolute Gasteiger partial charge is 0.289 e. The summed E-state index contributed by atoms with van der Waals surface area (Å²) in [5.74, 6) is -0.816. The molecule has 1 amide bonds. The first-order chi connectivity index (χ1) is 16.2. The second kappa shape index (κ2) is 11.0. The Kier molecular flexibility index (Phi) is 8.14. The zero-order chi connectivity index (χ0) is 24.7. The molecule has 0 heterocycles. The summed E-state index contributed by atoms with van der Waals surface area (Å²) >= 11 is 0. The van der Waals surface area contributed by atoms with E-state index in [0.717, 1.165) is 23.3 Å². The third kappa shape index (κ3) is 6.27. The monoisotopic (exact) mass is 481 g/mol. The Hall–Kier alpha value is -3.56. The van der Waals surface area contributed by atoms with Crippen molar-refractivity contribution in [2.24, 2.45) is 5.92 Å². The molecule has 0 aliphatic carbocycles. The lowest BCUT2D eigenvalue weighted by Crippen LogP contribution is -2.50. The van der Waals surface area contributed by atoms with Crippen LogP contribution in [0.15, 0.2) is 89.8 Å². The zero-order valence-electron chi connectivity index (χ0n) is 19.0. The molecule has 0 aliphatic rings. The minimum absolute atomic E-state index is 0.283. The molecule has 0 bridgehead atoms. The van der Waals surface area contributed by atoms with Crippen molar-refractivity contribution in [3.8, 4) is 0 Å². The van der Waals surface area contributed by atoms with Crippen LogP contribution < -0.4 is 4.72 Å². The number of amides is 1. The predicted molar refractivity (Wildman–Crippen MR) is 129 cm³/mol. The molecular weight excluding hydrogens is 454 g/mol. The van der Waals surface area contributed by atoms with Gasteiger partial charge in [0, 0.05) is 19.2 Å². The second-order valence-corrected chi connectivity index (χ2v) is 9.92. The van der Waals surface area contributed by atoms with Gasteiger partial charge in [0.05, 0.1) is 4.92 Å². The Morgan fingerprint density at radius 2 is 1.35 bits per heavy atom. The van der Waals surface area contributed by atoms with Crippen LogP contribution in [0.4, 0.5) is 5.69 Å². The lowest BCUT2D eigenvalue weighted by molar-refractivity contribution is -0.387. The van der Waals surface area contributed by atoms with Gasteiger partial charge in [-0.2, -0.15) is 4.72 Å². The van der Waals surface area contributed by atoms with E-state index >= 15 is 0 Å². The first-order valence-electron chi connectivity index (χ1n) is 10.8. The molecule has 34 heavy (non-hydrogen) atoms. The van der Waals surface area contributed by atoms with Crippen LogP contribution in [0.3, 0.4) is 0 Å². The molecule has 0 saturated heterocycles. The summed E-state index contributed by atoms with van der Waals surface area (Å²) < 4.78 is 28.7. The highest BCUT2D eigenvalue weighted by Crippen LogP contribution is 2.24. The van der Waals surface area contributed by atoms with E-state index in [4.69, 9.17) is 0 Å². The van der Waals surface area contributed by atoms with Crippen LogP contribution in [0.25, 0.3) is 0 Å². The molecule has 3 aromatic rings. The number of nitrogens with zero attached hydrogens (tertiary/aromatic N) is 2. The number of hydrogen-bond donors (Lipinski definition) is 1. The van der Waals surface area contributed by atoms with E-state index in [1.165, 1.54) is 12.1 Å². The van der Waals surface area contributed by atoms with Gasteiger partial charge < -0.3 is 4.90 Å². The van der Waals surface area contributed by atoms with E-state index in [-0.39, 0.29) is 13.1 Å². The van der Waals surface area contributed by atoms with Crippen LogP contribution in [0.5, 0.6) is 0 Å². The van der Waals surface area contributed by atoms with Crippen molar-refractivity contribution < 1.29 is 18.1 Å². The van der Waals surface area contributed by atoms with Gasteiger partial charge in [0.15, 0.2) is 4.90 Å². The van der Waals surface area contributed by atoms with Crippen molar-refractivity contribution in [1.29, 1.82) is 0 Å². The first-order valence-corrected chi connectivity index (χ1v) is 12.3. The molecule has 0 aromatic heterocycles. The zero-order valence-corrected chi connectivity index (χ0v) is 19.8. The van der Waals surface area contributed by atoms with Gasteiger partial charge in [0.1, 0.15) is 6.04 Å². The molecule has 0 fully saturated rings. The molecule has 1 atom stereocenters. The predicted octanol–water partition coefficient (Wildman–Crippen LogP) is 4.13. The largest absolute Gasteiger partial charge is 0.333 e. The van der Waals surface area contributed by atoms with Crippen LogP contribution >= 0.6 is 0 Å². The molecule has 3 aromatic carbocycles. The number of benzene rings is 3. The van der Waals surface area contributed by atoms with E-state index in [2.05, 4.69) is 4.72 Å². The van der Waals surface area contributed by atoms with Gasteiger partial charge in [-0.05, 0) is 23.1 Å². The standard InChI is InChI=1S/C25H27N3O5S/c1-19(2)24(26-34(32,33)23-16-10-9-15-22(23)28(30)31)25(29)27(17-20-11-5-3-6-12-20)18-21-13-7-4-8-14-21/h3-16,19,24,26H,17-18H2,1-2H3. The highest BCUT2D eigenvalue weighted by atomic mass is 32.2. The van der Waals surface area contributed by atoms with Crippen molar-refractivity contribution in [2.45, 2.75) is 37.9 Å². The topological polar surface area (TPSA) is 110 Å². The number of rotatable bonds is 10. The van der Waals surface area contributed by atoms with Gasteiger partial charge in [-0.3, -0.25) is 14.9 Å². The summed E-state index contributed by atoms with van der Waals surface area (Å²) in [6, 6.07) is 22.8. The molecular formula is C25H27N3O5S. The van der Waals surface area contributed by atoms with Crippen LogP contribution in [0, 0.1) is 16.0 Å². The fraction of sp³-hybridized carbons (Fsp3) is 0.240. The molecule has 3 rings (SSSR count). The maximum absolute atomic E-state index is 13.7. The summed E-state index contributed by atoms with van der Waals surface area (Å²) in [5.41, 5.74) is 1.25. The van der Waals surface area contributed by atoms with Crippen LogP contribution in [0.1, 0.15) is 25.0 Å². The number of nitro groups is 1. The number of nitro benzene ring substituents is 1. The Morgan fingerprint density at radius 1 is 0.882 bits per heavy atom. The van der Waals surface area contributed by atoms with E-state index in [0.29, 0.717) is 0 Å². The van der Waals surface area contributed by atoms with E-state index in [1.807, 2.05) is 60.7 Å². The summed E-state index contributed by atoms with van der Waals surface area (Å²) in [6.45, 7) is 4.03. The van der Waals surface area contributed by atoms with Crippen LogP contribution in [-0.2, 0) is 27.9 Å². The maximum atomic E-state index is 13.7. The van der Waals surface area contributed by atoms with Crippen LogP contribution in [0.2, 0.25) is 0 Å². The number of nitrogens with one attached hydrogen (secondary N) is 1. The lowest BCUT2D eigenvalue weighted by atomic mass is 10.0. The quantitative estimate of drug-likeness (QED) is 0.346. The van der Waals surface area contributed by atoms with Gasteiger partial charge in [0.2, 0.25) is 15.9 Å². The third-order valence-electron chi connectivity index (χ3n) is 5.31. The van der Waals surface area contributed by atoms with Gasteiger partial charge in [-0.1, -0.05) is 86.6 Å². The van der Waals surface area contributed by atoms with Gasteiger partial charge in [0.25, 0.3) is 5.69 Å². The minimum atomic E-state index is -4.34. The molecule has 178 valence electrons. The fourth-order valence-corrected chi connectivity index (χ4v) is 5.06. The average Bonchev–Trinajstić information content (AvgIpc) is 2.83. The Balaban J connectivity index is 1.94. The third-order valence-corrected chi connectivity index (χ3v) is 6.80. The summed E-state index contributed by atoms with van der Waals surface area (Å²) in [5, 5.41) is 11.4. The molecule has 1 N–H and O–H groups in total. The SMILES string of the molecule is CC(C)C(NS(=O)(=O)c1ccccc1[N+](=O)[O-])C(=O)N(Cc1ccccc1)Cc1ccccc1. The van der Waals surface area contributed by atoms with Crippen molar-refractivity contribution in [3.63, 3.8) is 0 Å². The van der Waals surface area contributed by atoms with E-state index < -0.39 is 43.4 Å². The molecule has 1 unspecified atom stereocenters. The Morgan fingerprint density at radius 3 is 1.82 bits per heavy atom. The van der Waals surface area contributed by atoms with Gasteiger partial charge in [-0.15, -0.1) is 0 Å². The van der Waals surface area contributed by atoms with Gasteiger partial charge in [-0.25, -0.2) is 8.42 Å². The molecule has 0 spiro atoms. The highest BCUT2D eigenvalue weighted by Gasteiger charge is 2.34. The minimum Gasteiger partial charge on any atom is -0.333 e. The van der Waals surface area contributed by atoms with Crippen LogP contribution in [-0.4, -0.2) is 30.2 Å². The number of sulfonamides is 1. The molecule has 0 saturated carbocycles. The van der Waals surface area contributed by atoms with E-state index in [9.17, 15) is 23.3 Å². The highest BCUT2D eigenvalue weighted by molar-refractivity contribution is 7.89. The normalized spacial score (nSPS) is 12.3. The first kappa shape index (κ1) is 25.1. The number of carbonyl (C=O) groups is 1. The van der Waals surface area contributed by atoms with Gasteiger partial charge >= 0.3 is 0 Å². The van der Waals surface area contributed by atoms with Crippen molar-refractivity contribution in [2.75, 3.05) is 0 Å². The molecule has 0 aliphatic heterocycles. The molecule has 8 nitrogen and oxygen atoms in total. The number of hydrogen-bond acceptors (Lipinski definition) is 5. The number of carbonyl (C=O) groups excluding carboxylic acids is 1. The lowest BCUT2D eigenvalue weighted by Gasteiger charge is -2.30. The summed E-state index contributed by atoms with van der Waals surface area (Å²) in [6.07, 6.45) is 0. The molecule has 0 radical (unpaired) electrons. The Bertz CT molecular complexity index is 1190. The maximum Gasteiger partial charge on any atom is 0.289 e. The summed E-state index contributed by atoms with van der Waals surface area (Å²) in [4.78, 5) is 25.4. The van der Waals surface area contributed by atoms with Crippen molar-refractivity contribution in [3.05, 3.63) is 106 Å². The Labute approximate surface area is 199 Å². The van der Waals surface area contributed by atoms with E-state index in [1.54, 1.807) is 18.7 Å². The average molecular weight is 482 g/mol. The molecule has 9 heteroatoms. The second-order valence-electron chi connectivity index (χ2n) is 8.23. The fourth-order valence-electron chi connectivity index (χ4n) is 3.55. The van der Waals surface area contributed by atoms with Crippen molar-refractivity contribution >= 4 is 21.6 Å². The van der Waals surface area contributed by atoms with Crippen molar-refractivity contribution in [1.82, 2.24) is 9.62 Å².